The summed E-state index contributed by atoms with van der Waals surface area (Å²) in [5.41, 5.74) is 4.88. The summed E-state index contributed by atoms with van der Waals surface area (Å²) >= 11 is 0. The Morgan fingerprint density at radius 1 is 0.943 bits per heavy atom. The van der Waals surface area contributed by atoms with Gasteiger partial charge in [-0.05, 0) is 53.6 Å². The summed E-state index contributed by atoms with van der Waals surface area (Å²) in [6.45, 7) is 0.511. The second-order valence-corrected chi connectivity index (χ2v) is 8.35. The molecule has 35 heavy (non-hydrogen) atoms. The summed E-state index contributed by atoms with van der Waals surface area (Å²) in [6.07, 6.45) is 3.61. The Balaban J connectivity index is 1.24. The van der Waals surface area contributed by atoms with Gasteiger partial charge in [-0.2, -0.15) is 0 Å². The lowest BCUT2D eigenvalue weighted by atomic mass is 9.98. The molecule has 3 N–H and O–H groups in total. The third kappa shape index (κ3) is 5.84. The molecule has 1 aromatic heterocycles. The third-order valence-electron chi connectivity index (χ3n) is 6.06. The molecule has 0 unspecified atom stereocenters. The van der Waals surface area contributed by atoms with Gasteiger partial charge in [0.1, 0.15) is 12.6 Å². The summed E-state index contributed by atoms with van der Waals surface area (Å²) in [5, 5.41) is 14.7. The maximum Gasteiger partial charge on any atom is 0.407 e. The fourth-order valence-corrected chi connectivity index (χ4v) is 4.31. The van der Waals surface area contributed by atoms with Gasteiger partial charge in [-0.3, -0.25) is 9.78 Å². The van der Waals surface area contributed by atoms with Crippen LogP contribution in [0, 0.1) is 0 Å². The molecule has 1 aliphatic rings. The van der Waals surface area contributed by atoms with Gasteiger partial charge < -0.3 is 20.5 Å². The number of carbonyl (C=O) groups is 3. The summed E-state index contributed by atoms with van der Waals surface area (Å²) in [5.74, 6) is -1.46. The number of unbranched alkanes of at least 4 members (excludes halogenated alkanes) is 1. The van der Waals surface area contributed by atoms with Crippen molar-refractivity contribution in [2.24, 2.45) is 0 Å². The fourth-order valence-electron chi connectivity index (χ4n) is 4.31. The Hall–Kier alpha value is -4.20. The maximum atomic E-state index is 12.4. The second-order valence-electron chi connectivity index (χ2n) is 8.35. The lowest BCUT2D eigenvalue weighted by molar-refractivity contribution is -0.139. The lowest BCUT2D eigenvalue weighted by Gasteiger charge is -2.17. The number of pyridine rings is 1. The minimum Gasteiger partial charge on any atom is -0.480 e. The molecule has 1 heterocycles. The minimum absolute atomic E-state index is 0.0974. The van der Waals surface area contributed by atoms with Crippen molar-refractivity contribution in [2.45, 2.75) is 31.2 Å². The number of amides is 2. The highest BCUT2D eigenvalue weighted by molar-refractivity contribution is 5.93. The average molecular weight is 474 g/mol. The van der Waals surface area contributed by atoms with E-state index < -0.39 is 18.1 Å². The zero-order valence-electron chi connectivity index (χ0n) is 19.1. The Morgan fingerprint density at radius 2 is 1.63 bits per heavy atom. The molecule has 0 aliphatic heterocycles. The van der Waals surface area contributed by atoms with Crippen molar-refractivity contribution in [1.82, 2.24) is 15.6 Å². The van der Waals surface area contributed by atoms with E-state index in [-0.39, 0.29) is 24.9 Å². The third-order valence-corrected chi connectivity index (χ3v) is 6.06. The van der Waals surface area contributed by atoms with E-state index in [1.807, 2.05) is 48.5 Å². The number of fused-ring (bicyclic) bond motifs is 3. The Kier molecular flexibility index (Phi) is 7.72. The van der Waals surface area contributed by atoms with Crippen molar-refractivity contribution in [3.05, 3.63) is 89.7 Å². The number of carboxylic acid groups (broad SMARTS) is 1. The van der Waals surface area contributed by atoms with Crippen LogP contribution in [0.3, 0.4) is 0 Å². The van der Waals surface area contributed by atoms with Gasteiger partial charge in [0.2, 0.25) is 0 Å². The molecule has 0 spiro atoms. The zero-order chi connectivity index (χ0) is 24.6. The fraction of sp³-hybridized carbons (Fsp3) is 0.259. The summed E-state index contributed by atoms with van der Waals surface area (Å²) < 4.78 is 5.45. The average Bonchev–Trinajstić information content (AvgIpc) is 3.20. The van der Waals surface area contributed by atoms with Gasteiger partial charge in [0, 0.05) is 24.9 Å². The number of ether oxygens (including phenoxy) is 1. The van der Waals surface area contributed by atoms with Gasteiger partial charge in [0.25, 0.3) is 5.91 Å². The molecule has 2 aromatic carbocycles. The van der Waals surface area contributed by atoms with E-state index in [1.54, 1.807) is 18.3 Å². The normalized spacial score (nSPS) is 12.8. The van der Waals surface area contributed by atoms with Crippen LogP contribution in [0.25, 0.3) is 11.1 Å². The Bertz CT molecular complexity index is 1150. The molecule has 0 radical (unpaired) electrons. The van der Waals surface area contributed by atoms with Crippen molar-refractivity contribution < 1.29 is 24.2 Å². The molecule has 3 aromatic rings. The summed E-state index contributed by atoms with van der Waals surface area (Å²) in [4.78, 5) is 40.0. The quantitative estimate of drug-likeness (QED) is 0.384. The lowest BCUT2D eigenvalue weighted by Crippen LogP contribution is -2.41. The van der Waals surface area contributed by atoms with E-state index >= 15 is 0 Å². The van der Waals surface area contributed by atoms with Crippen LogP contribution in [0.5, 0.6) is 0 Å². The maximum absolute atomic E-state index is 12.4. The van der Waals surface area contributed by atoms with Crippen LogP contribution in [-0.4, -0.2) is 47.3 Å². The zero-order valence-corrected chi connectivity index (χ0v) is 19.1. The standard InChI is InChI=1S/C27H27N3O5/c31-25(18-8-7-14-28-16-18)29-15-6-5-13-24(26(32)33)30-27(34)35-17-23-21-11-3-1-9-19(21)20-10-2-4-12-22(20)23/h1-4,7-12,14,16,23-24H,5-6,13,15,17H2,(H,29,31)(H,30,34)(H,32,33)/t24-/m0/s1. The second kappa shape index (κ2) is 11.3. The summed E-state index contributed by atoms with van der Waals surface area (Å²) in [6, 6.07) is 18.3. The highest BCUT2D eigenvalue weighted by atomic mass is 16.5. The molecule has 8 nitrogen and oxygen atoms in total. The first-order valence-electron chi connectivity index (χ1n) is 11.6. The van der Waals surface area contributed by atoms with Crippen molar-refractivity contribution in [3.63, 3.8) is 0 Å². The van der Waals surface area contributed by atoms with E-state index in [0.717, 1.165) is 22.3 Å². The van der Waals surface area contributed by atoms with Crippen molar-refractivity contribution in [1.29, 1.82) is 0 Å². The van der Waals surface area contributed by atoms with Crippen molar-refractivity contribution in [3.8, 4) is 11.1 Å². The van der Waals surface area contributed by atoms with Gasteiger partial charge in [0.15, 0.2) is 0 Å². The van der Waals surface area contributed by atoms with Crippen LogP contribution in [0.4, 0.5) is 4.79 Å². The van der Waals surface area contributed by atoms with Crippen LogP contribution >= 0.6 is 0 Å². The topological polar surface area (TPSA) is 118 Å². The van der Waals surface area contributed by atoms with E-state index in [9.17, 15) is 19.5 Å². The number of carbonyl (C=O) groups excluding carboxylic acids is 2. The number of hydrogen-bond donors (Lipinski definition) is 3. The number of carboxylic acids is 1. The number of benzene rings is 2. The number of aromatic nitrogens is 1. The van der Waals surface area contributed by atoms with Gasteiger partial charge in [-0.25, -0.2) is 9.59 Å². The smallest absolute Gasteiger partial charge is 0.407 e. The Labute approximate surface area is 203 Å². The molecule has 180 valence electrons. The van der Waals surface area contributed by atoms with Crippen LogP contribution in [0.15, 0.2) is 73.1 Å². The number of nitrogens with zero attached hydrogens (tertiary/aromatic N) is 1. The number of rotatable bonds is 10. The molecule has 8 heteroatoms. The molecule has 0 fully saturated rings. The van der Waals surface area contributed by atoms with Crippen LogP contribution in [0.2, 0.25) is 0 Å². The van der Waals surface area contributed by atoms with E-state index in [1.165, 1.54) is 6.20 Å². The molecule has 0 saturated heterocycles. The van der Waals surface area contributed by atoms with Crippen LogP contribution in [0.1, 0.15) is 46.7 Å². The highest BCUT2D eigenvalue weighted by Gasteiger charge is 2.29. The van der Waals surface area contributed by atoms with Gasteiger partial charge in [0.05, 0.1) is 5.56 Å². The molecule has 1 aliphatic carbocycles. The number of alkyl carbamates (subject to hydrolysis) is 1. The highest BCUT2D eigenvalue weighted by Crippen LogP contribution is 2.44. The van der Waals surface area contributed by atoms with Gasteiger partial charge in [-0.15, -0.1) is 0 Å². The van der Waals surface area contributed by atoms with Gasteiger partial charge in [-0.1, -0.05) is 48.5 Å². The number of nitrogens with one attached hydrogen (secondary N) is 2. The van der Waals surface area contributed by atoms with E-state index in [4.69, 9.17) is 4.74 Å². The first kappa shape index (κ1) is 23.9. The van der Waals surface area contributed by atoms with Gasteiger partial charge >= 0.3 is 12.1 Å². The first-order valence-corrected chi connectivity index (χ1v) is 11.6. The first-order chi connectivity index (χ1) is 17.0. The molecule has 4 rings (SSSR count). The largest absolute Gasteiger partial charge is 0.480 e. The molecular formula is C27H27N3O5. The predicted molar refractivity (Wildman–Crippen MR) is 130 cm³/mol. The SMILES string of the molecule is O=C(N[C@@H](CCCCNC(=O)c1cccnc1)C(=O)O)OCC1c2ccccc2-c2ccccc21. The van der Waals surface area contributed by atoms with Crippen molar-refractivity contribution >= 4 is 18.0 Å². The summed E-state index contributed by atoms with van der Waals surface area (Å²) in [7, 11) is 0. The van der Waals surface area contributed by atoms with E-state index in [2.05, 4.69) is 15.6 Å². The van der Waals surface area contributed by atoms with Crippen molar-refractivity contribution in [2.75, 3.05) is 13.2 Å². The molecule has 0 saturated carbocycles. The molecule has 1 atom stereocenters. The number of hydrogen-bond acceptors (Lipinski definition) is 5. The minimum atomic E-state index is -1.13. The monoisotopic (exact) mass is 473 g/mol. The Morgan fingerprint density at radius 3 is 2.26 bits per heavy atom. The molecule has 0 bridgehead atoms. The molecule has 2 amide bonds. The van der Waals surface area contributed by atoms with E-state index in [0.29, 0.717) is 24.9 Å². The number of aliphatic carboxylic acids is 1. The predicted octanol–water partition coefficient (Wildman–Crippen LogP) is 3.97. The molecular weight excluding hydrogens is 446 g/mol. The van der Waals surface area contributed by atoms with Crippen LogP contribution in [-0.2, 0) is 9.53 Å². The van der Waals surface area contributed by atoms with Crippen LogP contribution < -0.4 is 10.6 Å².